The Balaban J connectivity index is 1.72. The van der Waals surface area contributed by atoms with E-state index in [9.17, 15) is 14.7 Å². The lowest BCUT2D eigenvalue weighted by Crippen LogP contribution is -2.58. The average Bonchev–Trinajstić information content (AvgIpc) is 2.70. The molecule has 2 aliphatic carbocycles. The van der Waals surface area contributed by atoms with Gasteiger partial charge in [-0.05, 0) is 54.4 Å². The van der Waals surface area contributed by atoms with Gasteiger partial charge in [0.05, 0.1) is 6.10 Å². The second-order valence-corrected chi connectivity index (χ2v) is 10.0. The molecule has 3 rings (SSSR count). The molecule has 2 saturated carbocycles. The van der Waals surface area contributed by atoms with E-state index >= 15 is 0 Å². The summed E-state index contributed by atoms with van der Waals surface area (Å²) in [5.74, 6) is 0.0852. The highest BCUT2D eigenvalue weighted by Gasteiger charge is 2.53. The van der Waals surface area contributed by atoms with Crippen LogP contribution >= 0.6 is 0 Å². The number of aliphatic hydroxyl groups is 1. The van der Waals surface area contributed by atoms with E-state index < -0.39 is 6.10 Å². The van der Waals surface area contributed by atoms with Crippen molar-refractivity contribution < 1.29 is 14.7 Å². The number of benzene rings is 1. The van der Waals surface area contributed by atoms with Crippen molar-refractivity contribution in [2.75, 3.05) is 7.05 Å². The molecule has 166 valence electrons. The van der Waals surface area contributed by atoms with E-state index in [1.54, 1.807) is 11.8 Å². The van der Waals surface area contributed by atoms with Crippen LogP contribution in [0.5, 0.6) is 0 Å². The molecule has 7 atom stereocenters. The van der Waals surface area contributed by atoms with E-state index in [4.69, 9.17) is 0 Å². The molecule has 0 aromatic heterocycles. The molecule has 0 heterocycles. The quantitative estimate of drug-likeness (QED) is 0.773. The fraction of sp³-hybridized carbons (Fsp3) is 0.680. The van der Waals surface area contributed by atoms with Gasteiger partial charge in [-0.2, -0.15) is 0 Å². The van der Waals surface area contributed by atoms with Gasteiger partial charge in [-0.25, -0.2) is 0 Å². The van der Waals surface area contributed by atoms with Crippen LogP contribution < -0.4 is 5.32 Å². The van der Waals surface area contributed by atoms with Crippen LogP contribution in [0.15, 0.2) is 30.3 Å². The molecule has 0 spiro atoms. The Morgan fingerprint density at radius 1 is 1.23 bits per heavy atom. The van der Waals surface area contributed by atoms with E-state index in [1.807, 2.05) is 44.3 Å². The van der Waals surface area contributed by atoms with Crippen LogP contribution in [0.25, 0.3) is 0 Å². The summed E-state index contributed by atoms with van der Waals surface area (Å²) in [5.41, 5.74) is 1.18. The molecular formula is C25H38N2O3. The molecule has 0 saturated heterocycles. The van der Waals surface area contributed by atoms with E-state index in [0.717, 1.165) is 31.2 Å². The standard InChI is InChI=1S/C25H38N2O3/c1-16(24(30)27(5)15-19-9-7-6-8-10-19)20-11-13-25(4)14-12-21(26-18(3)28)17(2)22(25)23(20)29/h6-10,16-17,20-23,29H,11-15H2,1-5H3,(H,26,28)/t16-,17+,20-,21-,22+,23-,25-/m0/s1. The maximum Gasteiger partial charge on any atom is 0.225 e. The van der Waals surface area contributed by atoms with Gasteiger partial charge in [-0.1, -0.05) is 51.1 Å². The van der Waals surface area contributed by atoms with Crippen molar-refractivity contribution >= 4 is 11.8 Å². The molecule has 2 amide bonds. The molecular weight excluding hydrogens is 376 g/mol. The number of fused-ring (bicyclic) bond motifs is 1. The lowest BCUT2D eigenvalue weighted by atomic mass is 9.51. The van der Waals surface area contributed by atoms with Gasteiger partial charge in [-0.3, -0.25) is 9.59 Å². The fourth-order valence-electron chi connectivity index (χ4n) is 6.22. The molecule has 2 N–H and O–H groups in total. The van der Waals surface area contributed by atoms with E-state index in [1.165, 1.54) is 0 Å². The van der Waals surface area contributed by atoms with E-state index in [0.29, 0.717) is 6.54 Å². The molecule has 30 heavy (non-hydrogen) atoms. The predicted octanol–water partition coefficient (Wildman–Crippen LogP) is 3.61. The van der Waals surface area contributed by atoms with Gasteiger partial charge < -0.3 is 15.3 Å². The number of hydrogen-bond donors (Lipinski definition) is 2. The third-order valence-electron chi connectivity index (χ3n) is 7.95. The van der Waals surface area contributed by atoms with Crippen molar-refractivity contribution in [1.82, 2.24) is 10.2 Å². The molecule has 5 heteroatoms. The average molecular weight is 415 g/mol. The summed E-state index contributed by atoms with van der Waals surface area (Å²) in [6.45, 7) is 8.55. The SMILES string of the molecule is CC(=O)N[C@H]1CC[C@]2(C)CC[C@@H]([C@H](C)C(=O)N(C)Cc3ccccc3)[C@H](O)[C@H]2[C@@H]1C. The van der Waals surface area contributed by atoms with Crippen LogP contribution in [0.2, 0.25) is 0 Å². The van der Waals surface area contributed by atoms with Gasteiger partial charge in [0.15, 0.2) is 0 Å². The molecule has 0 aliphatic heterocycles. The summed E-state index contributed by atoms with van der Waals surface area (Å²) in [6.07, 6.45) is 3.33. The molecule has 2 fully saturated rings. The zero-order valence-corrected chi connectivity index (χ0v) is 19.1. The summed E-state index contributed by atoms with van der Waals surface area (Å²) in [7, 11) is 1.85. The lowest BCUT2D eigenvalue weighted by Gasteiger charge is -2.56. The van der Waals surface area contributed by atoms with Crippen molar-refractivity contribution in [3.8, 4) is 0 Å². The number of carbonyl (C=O) groups excluding carboxylic acids is 2. The molecule has 1 aromatic carbocycles. The molecule has 1 aromatic rings. The second kappa shape index (κ2) is 9.09. The molecule has 0 bridgehead atoms. The first-order chi connectivity index (χ1) is 14.1. The Labute approximate surface area is 181 Å². The predicted molar refractivity (Wildman–Crippen MR) is 118 cm³/mol. The normalized spacial score (nSPS) is 34.5. The van der Waals surface area contributed by atoms with Crippen LogP contribution in [-0.2, 0) is 16.1 Å². The smallest absolute Gasteiger partial charge is 0.225 e. The van der Waals surface area contributed by atoms with Gasteiger partial charge in [0.2, 0.25) is 11.8 Å². The minimum absolute atomic E-state index is 0.0108. The van der Waals surface area contributed by atoms with Crippen molar-refractivity contribution in [1.29, 1.82) is 0 Å². The summed E-state index contributed by atoms with van der Waals surface area (Å²) in [4.78, 5) is 26.6. The molecule has 0 unspecified atom stereocenters. The number of nitrogens with zero attached hydrogens (tertiary/aromatic N) is 1. The minimum Gasteiger partial charge on any atom is -0.392 e. The Morgan fingerprint density at radius 3 is 2.50 bits per heavy atom. The van der Waals surface area contributed by atoms with Gasteiger partial charge in [0, 0.05) is 32.5 Å². The maximum atomic E-state index is 13.2. The number of carbonyl (C=O) groups is 2. The highest BCUT2D eigenvalue weighted by atomic mass is 16.3. The first-order valence-corrected chi connectivity index (χ1v) is 11.4. The first-order valence-electron chi connectivity index (χ1n) is 11.4. The largest absolute Gasteiger partial charge is 0.392 e. The fourth-order valence-corrected chi connectivity index (χ4v) is 6.22. The Bertz CT molecular complexity index is 752. The number of aliphatic hydroxyl groups excluding tert-OH is 1. The maximum absolute atomic E-state index is 13.2. The van der Waals surface area contributed by atoms with Gasteiger partial charge in [0.25, 0.3) is 0 Å². The van der Waals surface area contributed by atoms with Crippen LogP contribution in [0.4, 0.5) is 0 Å². The van der Waals surface area contributed by atoms with Crippen LogP contribution in [0.1, 0.15) is 58.9 Å². The second-order valence-electron chi connectivity index (χ2n) is 10.0. The minimum atomic E-state index is -0.528. The Hall–Kier alpha value is -1.88. The van der Waals surface area contributed by atoms with E-state index in [2.05, 4.69) is 19.2 Å². The topological polar surface area (TPSA) is 69.6 Å². The third-order valence-corrected chi connectivity index (χ3v) is 7.95. The zero-order chi connectivity index (χ0) is 22.1. The summed E-state index contributed by atoms with van der Waals surface area (Å²) in [6, 6.07) is 10.1. The summed E-state index contributed by atoms with van der Waals surface area (Å²) < 4.78 is 0. The van der Waals surface area contributed by atoms with Gasteiger partial charge in [0.1, 0.15) is 0 Å². The highest BCUT2D eigenvalue weighted by Crippen LogP contribution is 2.55. The molecule has 5 nitrogen and oxygen atoms in total. The van der Waals surface area contributed by atoms with Crippen molar-refractivity contribution in [2.45, 2.75) is 72.1 Å². The van der Waals surface area contributed by atoms with Crippen LogP contribution in [0, 0.1) is 29.1 Å². The van der Waals surface area contributed by atoms with Gasteiger partial charge >= 0.3 is 0 Å². The van der Waals surface area contributed by atoms with Crippen LogP contribution in [-0.4, -0.2) is 41.0 Å². The van der Waals surface area contributed by atoms with Crippen molar-refractivity contribution in [3.05, 3.63) is 35.9 Å². The van der Waals surface area contributed by atoms with E-state index in [-0.39, 0.29) is 46.9 Å². The molecule has 0 radical (unpaired) electrons. The first kappa shape index (κ1) is 22.8. The zero-order valence-electron chi connectivity index (χ0n) is 19.1. The monoisotopic (exact) mass is 414 g/mol. The Morgan fingerprint density at radius 2 is 1.87 bits per heavy atom. The number of rotatable bonds is 5. The number of amides is 2. The lowest BCUT2D eigenvalue weighted by molar-refractivity contribution is -0.150. The van der Waals surface area contributed by atoms with Crippen LogP contribution in [0.3, 0.4) is 0 Å². The van der Waals surface area contributed by atoms with Crippen molar-refractivity contribution in [3.63, 3.8) is 0 Å². The molecule has 2 aliphatic rings. The van der Waals surface area contributed by atoms with Gasteiger partial charge in [-0.15, -0.1) is 0 Å². The highest BCUT2D eigenvalue weighted by molar-refractivity contribution is 5.78. The van der Waals surface area contributed by atoms with Crippen molar-refractivity contribution in [2.24, 2.45) is 29.1 Å². The summed E-state index contributed by atoms with van der Waals surface area (Å²) >= 11 is 0. The number of nitrogens with one attached hydrogen (secondary N) is 1. The summed E-state index contributed by atoms with van der Waals surface area (Å²) in [5, 5.41) is 14.5. The Kier molecular flexibility index (Phi) is 6.91. The third kappa shape index (κ3) is 4.56. The number of hydrogen-bond acceptors (Lipinski definition) is 3.